The highest BCUT2D eigenvalue weighted by Crippen LogP contribution is 2.40. The van der Waals surface area contributed by atoms with Gasteiger partial charge in [-0.05, 0) is 104 Å². The van der Waals surface area contributed by atoms with Gasteiger partial charge in [-0.3, -0.25) is 4.79 Å². The Balaban J connectivity index is 1.44. The fourth-order valence-corrected chi connectivity index (χ4v) is 6.70. The van der Waals surface area contributed by atoms with Crippen LogP contribution in [0, 0.1) is 0 Å². The third kappa shape index (κ3) is 4.35. The van der Waals surface area contributed by atoms with Crippen molar-refractivity contribution in [2.45, 2.75) is 63.8 Å². The summed E-state index contributed by atoms with van der Waals surface area (Å²) < 4.78 is 1.34. The van der Waals surface area contributed by atoms with E-state index in [1.54, 1.807) is 0 Å². The standard InChI is InChI=1S/C28H34N2OS/c1-2-16-30(28(31)22-8-4-3-5-9-22)24-13-14-27-25(19-24)26(20-32-27)21-11-12-23-10-6-7-17-29(23)18-15-21/h3-5,8-9,13-14,19-21,23H,2,6-7,10-12,15-18H2,1H3. The maximum atomic E-state index is 13.3. The number of fused-ring (bicyclic) bond motifs is 2. The van der Waals surface area contributed by atoms with Gasteiger partial charge < -0.3 is 9.80 Å². The molecular formula is C28H34N2OS. The molecule has 0 bridgehead atoms. The quantitative estimate of drug-likeness (QED) is 0.418. The van der Waals surface area contributed by atoms with Crippen molar-refractivity contribution in [3.8, 4) is 0 Å². The Labute approximate surface area is 196 Å². The lowest BCUT2D eigenvalue weighted by Crippen LogP contribution is -2.38. The molecule has 0 saturated carbocycles. The molecule has 2 atom stereocenters. The molecule has 1 aromatic heterocycles. The molecule has 32 heavy (non-hydrogen) atoms. The third-order valence-electron chi connectivity index (χ3n) is 7.41. The van der Waals surface area contributed by atoms with E-state index in [0.29, 0.717) is 5.92 Å². The molecule has 3 heterocycles. The number of rotatable bonds is 5. The minimum Gasteiger partial charge on any atom is -0.308 e. The number of nitrogens with zero attached hydrogens (tertiary/aromatic N) is 2. The SMILES string of the molecule is CCCN(C(=O)c1ccccc1)c1ccc2scc(C3CCC4CCCCN4CC3)c2c1. The van der Waals surface area contributed by atoms with Crippen LogP contribution < -0.4 is 4.90 Å². The smallest absolute Gasteiger partial charge is 0.258 e. The Hall–Kier alpha value is -2.17. The number of piperidine rings is 1. The minimum absolute atomic E-state index is 0.0925. The normalized spacial score (nSPS) is 21.8. The highest BCUT2D eigenvalue weighted by molar-refractivity contribution is 7.17. The van der Waals surface area contributed by atoms with Gasteiger partial charge in [0.15, 0.2) is 0 Å². The van der Waals surface area contributed by atoms with Crippen LogP contribution in [0.3, 0.4) is 0 Å². The van der Waals surface area contributed by atoms with E-state index < -0.39 is 0 Å². The van der Waals surface area contributed by atoms with Crippen molar-refractivity contribution in [1.29, 1.82) is 0 Å². The second-order valence-electron chi connectivity index (χ2n) is 9.44. The summed E-state index contributed by atoms with van der Waals surface area (Å²) in [4.78, 5) is 18.0. The fraction of sp³-hybridized carbons (Fsp3) is 0.464. The summed E-state index contributed by atoms with van der Waals surface area (Å²) in [7, 11) is 0. The van der Waals surface area contributed by atoms with Crippen molar-refractivity contribution >= 4 is 33.0 Å². The van der Waals surface area contributed by atoms with E-state index >= 15 is 0 Å². The van der Waals surface area contributed by atoms with Crippen LogP contribution in [0.4, 0.5) is 5.69 Å². The number of anilines is 1. The first-order chi connectivity index (χ1) is 15.7. The zero-order valence-corrected chi connectivity index (χ0v) is 19.9. The summed E-state index contributed by atoms with van der Waals surface area (Å²) >= 11 is 1.86. The summed E-state index contributed by atoms with van der Waals surface area (Å²) in [5.41, 5.74) is 3.29. The maximum absolute atomic E-state index is 13.3. The molecule has 2 aliphatic rings. The van der Waals surface area contributed by atoms with E-state index in [0.717, 1.165) is 30.3 Å². The van der Waals surface area contributed by atoms with Crippen LogP contribution in [0.1, 0.15) is 73.7 Å². The maximum Gasteiger partial charge on any atom is 0.258 e. The molecule has 1 amide bonds. The van der Waals surface area contributed by atoms with Crippen molar-refractivity contribution in [3.05, 3.63) is 65.0 Å². The van der Waals surface area contributed by atoms with Gasteiger partial charge in [-0.15, -0.1) is 11.3 Å². The van der Waals surface area contributed by atoms with Crippen LogP contribution in [0.5, 0.6) is 0 Å². The third-order valence-corrected chi connectivity index (χ3v) is 8.40. The molecule has 3 aromatic rings. The van der Waals surface area contributed by atoms with Gasteiger partial charge in [-0.2, -0.15) is 0 Å². The molecule has 5 rings (SSSR count). The zero-order valence-electron chi connectivity index (χ0n) is 19.1. The number of thiophene rings is 1. The van der Waals surface area contributed by atoms with E-state index in [1.807, 2.05) is 46.6 Å². The molecule has 0 N–H and O–H groups in total. The molecule has 2 unspecified atom stereocenters. The van der Waals surface area contributed by atoms with Crippen LogP contribution in [0.25, 0.3) is 10.1 Å². The monoisotopic (exact) mass is 446 g/mol. The van der Waals surface area contributed by atoms with E-state index in [4.69, 9.17) is 0 Å². The van der Waals surface area contributed by atoms with Crippen LogP contribution >= 0.6 is 11.3 Å². The molecule has 3 nitrogen and oxygen atoms in total. The summed E-state index contributed by atoms with van der Waals surface area (Å²) in [6.07, 6.45) is 8.97. The second kappa shape index (κ2) is 9.76. The topological polar surface area (TPSA) is 23.6 Å². The molecule has 2 saturated heterocycles. The van der Waals surface area contributed by atoms with Gasteiger partial charge in [0.1, 0.15) is 0 Å². The number of carbonyl (C=O) groups excluding carboxylic acids is 1. The van der Waals surface area contributed by atoms with Gasteiger partial charge in [0, 0.05) is 28.5 Å². The Kier molecular flexibility index (Phi) is 6.61. The van der Waals surface area contributed by atoms with Gasteiger partial charge in [0.05, 0.1) is 0 Å². The largest absolute Gasteiger partial charge is 0.308 e. The first kappa shape index (κ1) is 21.7. The van der Waals surface area contributed by atoms with E-state index in [2.05, 4.69) is 35.4 Å². The van der Waals surface area contributed by atoms with Crippen LogP contribution in [-0.4, -0.2) is 36.5 Å². The molecular weight excluding hydrogens is 412 g/mol. The molecule has 4 heteroatoms. The Morgan fingerprint density at radius 2 is 1.91 bits per heavy atom. The predicted molar refractivity (Wildman–Crippen MR) is 136 cm³/mol. The van der Waals surface area contributed by atoms with E-state index in [9.17, 15) is 4.79 Å². The van der Waals surface area contributed by atoms with Crippen LogP contribution in [0.15, 0.2) is 53.9 Å². The van der Waals surface area contributed by atoms with E-state index in [-0.39, 0.29) is 5.91 Å². The molecule has 2 aromatic carbocycles. The molecule has 0 aliphatic carbocycles. The Morgan fingerprint density at radius 1 is 1.03 bits per heavy atom. The lowest BCUT2D eigenvalue weighted by Gasteiger charge is -2.33. The van der Waals surface area contributed by atoms with Crippen molar-refractivity contribution in [2.75, 3.05) is 24.5 Å². The first-order valence-electron chi connectivity index (χ1n) is 12.4. The summed E-state index contributed by atoms with van der Waals surface area (Å²) in [5, 5.41) is 3.76. The van der Waals surface area contributed by atoms with Crippen molar-refractivity contribution in [1.82, 2.24) is 4.90 Å². The van der Waals surface area contributed by atoms with Crippen molar-refractivity contribution in [3.63, 3.8) is 0 Å². The molecule has 2 fully saturated rings. The number of benzene rings is 2. The lowest BCUT2D eigenvalue weighted by molar-refractivity contribution is 0.0987. The number of carbonyl (C=O) groups is 1. The van der Waals surface area contributed by atoms with Gasteiger partial charge in [-0.1, -0.05) is 31.5 Å². The highest BCUT2D eigenvalue weighted by Gasteiger charge is 2.29. The number of amides is 1. The average Bonchev–Trinajstić information content (AvgIpc) is 3.14. The van der Waals surface area contributed by atoms with Gasteiger partial charge in [0.25, 0.3) is 5.91 Å². The minimum atomic E-state index is 0.0925. The van der Waals surface area contributed by atoms with Crippen LogP contribution in [0.2, 0.25) is 0 Å². The fourth-order valence-electron chi connectivity index (χ4n) is 5.68. The van der Waals surface area contributed by atoms with Gasteiger partial charge in [0.2, 0.25) is 0 Å². The van der Waals surface area contributed by atoms with Crippen LogP contribution in [-0.2, 0) is 0 Å². The summed E-state index contributed by atoms with van der Waals surface area (Å²) in [6, 6.07) is 17.1. The Bertz CT molecular complexity index is 1040. The van der Waals surface area contributed by atoms with E-state index in [1.165, 1.54) is 67.3 Å². The summed E-state index contributed by atoms with van der Waals surface area (Å²) in [5.74, 6) is 0.726. The summed E-state index contributed by atoms with van der Waals surface area (Å²) in [6.45, 7) is 5.40. The molecule has 168 valence electrons. The lowest BCUT2D eigenvalue weighted by atomic mass is 9.90. The molecule has 0 radical (unpaired) electrons. The van der Waals surface area contributed by atoms with Gasteiger partial charge in [-0.25, -0.2) is 0 Å². The van der Waals surface area contributed by atoms with Crippen molar-refractivity contribution in [2.24, 2.45) is 0 Å². The average molecular weight is 447 g/mol. The molecule has 0 spiro atoms. The first-order valence-corrected chi connectivity index (χ1v) is 13.2. The van der Waals surface area contributed by atoms with Gasteiger partial charge >= 0.3 is 0 Å². The number of hydrogen-bond donors (Lipinski definition) is 0. The second-order valence-corrected chi connectivity index (χ2v) is 10.4. The molecule has 2 aliphatic heterocycles. The zero-order chi connectivity index (χ0) is 21.9. The highest BCUT2D eigenvalue weighted by atomic mass is 32.1. The predicted octanol–water partition coefficient (Wildman–Crippen LogP) is 7.08. The number of hydrogen-bond acceptors (Lipinski definition) is 3. The Morgan fingerprint density at radius 3 is 2.75 bits per heavy atom. The van der Waals surface area contributed by atoms with Crippen molar-refractivity contribution < 1.29 is 4.79 Å².